The minimum absolute atomic E-state index is 0.580. The van der Waals surface area contributed by atoms with Gasteiger partial charge in [-0.2, -0.15) is 10.5 Å². The summed E-state index contributed by atoms with van der Waals surface area (Å²) in [5.41, 5.74) is 10.1. The van der Waals surface area contributed by atoms with Gasteiger partial charge in [0.2, 0.25) is 0 Å². The molecule has 0 aliphatic heterocycles. The summed E-state index contributed by atoms with van der Waals surface area (Å²) in [6.07, 6.45) is 5.43. The van der Waals surface area contributed by atoms with Gasteiger partial charge in [-0.15, -0.1) is 18.3 Å². The topological polar surface area (TPSA) is 116 Å². The van der Waals surface area contributed by atoms with Crippen LogP contribution in [-0.2, 0) is 6.54 Å². The molecule has 0 saturated heterocycles. The van der Waals surface area contributed by atoms with Crippen LogP contribution in [0.4, 0.5) is 11.4 Å². The average molecular weight is 385 g/mol. The minimum atomic E-state index is 0.580. The van der Waals surface area contributed by atoms with Gasteiger partial charge in [0.1, 0.15) is 5.52 Å². The summed E-state index contributed by atoms with van der Waals surface area (Å²) in [6.45, 7) is 8.87. The van der Waals surface area contributed by atoms with Crippen molar-refractivity contribution in [2.24, 2.45) is 0 Å². The lowest BCUT2D eigenvalue weighted by Crippen LogP contribution is -2.03. The minimum Gasteiger partial charge on any atom is -0.397 e. The average Bonchev–Trinajstić information content (AvgIpc) is 3.16. The first-order chi connectivity index (χ1) is 14.1. The summed E-state index contributed by atoms with van der Waals surface area (Å²) in [5, 5.41) is 28.5. The molecule has 0 aliphatic carbocycles. The van der Waals surface area contributed by atoms with Crippen LogP contribution >= 0.6 is 0 Å². The highest BCUT2D eigenvalue weighted by molar-refractivity contribution is 5.75. The molecule has 3 aromatic rings. The van der Waals surface area contributed by atoms with Crippen molar-refractivity contribution in [2.45, 2.75) is 19.4 Å². The molecular formula is C22H23N7. The number of benzene rings is 2. The lowest BCUT2D eigenvalue weighted by atomic mass is 10.2. The number of hydrogen-bond donors (Lipinski definition) is 2. The van der Waals surface area contributed by atoms with Crippen LogP contribution < -0.4 is 11.1 Å². The molecule has 7 heteroatoms. The van der Waals surface area contributed by atoms with E-state index in [0.29, 0.717) is 16.8 Å². The zero-order valence-corrected chi connectivity index (χ0v) is 16.2. The second-order valence-corrected chi connectivity index (χ2v) is 6.12. The molecule has 0 bridgehead atoms. The Hall–Kier alpha value is -4.10. The molecule has 3 N–H and O–H groups in total. The van der Waals surface area contributed by atoms with Gasteiger partial charge in [0.15, 0.2) is 0 Å². The summed E-state index contributed by atoms with van der Waals surface area (Å²) >= 11 is 0. The monoisotopic (exact) mass is 385 g/mol. The summed E-state index contributed by atoms with van der Waals surface area (Å²) in [4.78, 5) is 0. The van der Waals surface area contributed by atoms with Crippen LogP contribution in [0.5, 0.6) is 0 Å². The molecular weight excluding hydrogens is 362 g/mol. The summed E-state index contributed by atoms with van der Waals surface area (Å²) < 4.78 is 1.82. The molecule has 0 aliphatic rings. The standard InChI is InChI=1S/C11H10N4.C11H13N3/c1-2-3-6-15-11-5-4-9(8-12)7-10(11)13-14-15;1-2-3-6-14-11-5-4-9(8-12)7-10(11)13/h2,4-5,7H,1,3,6H2;2,4-5,7,14H,1,3,6,13H2. The summed E-state index contributed by atoms with van der Waals surface area (Å²) in [5.74, 6) is 0. The van der Waals surface area contributed by atoms with Crippen LogP contribution in [0.25, 0.3) is 11.0 Å². The van der Waals surface area contributed by atoms with Gasteiger partial charge in [-0.1, -0.05) is 17.4 Å². The third-order valence-electron chi connectivity index (χ3n) is 4.03. The molecule has 1 heterocycles. The molecule has 0 amide bonds. The highest BCUT2D eigenvalue weighted by Gasteiger charge is 2.04. The van der Waals surface area contributed by atoms with Crippen molar-refractivity contribution in [3.05, 3.63) is 72.8 Å². The van der Waals surface area contributed by atoms with Gasteiger partial charge in [0.25, 0.3) is 0 Å². The molecule has 29 heavy (non-hydrogen) atoms. The van der Waals surface area contributed by atoms with Gasteiger partial charge in [0, 0.05) is 13.1 Å². The van der Waals surface area contributed by atoms with Gasteiger partial charge in [-0.3, -0.25) is 0 Å². The van der Waals surface area contributed by atoms with E-state index in [0.717, 1.165) is 42.7 Å². The van der Waals surface area contributed by atoms with Crippen LogP contribution in [0.3, 0.4) is 0 Å². The fourth-order valence-electron chi connectivity index (χ4n) is 2.52. The van der Waals surface area contributed by atoms with Crippen molar-refractivity contribution in [1.82, 2.24) is 15.0 Å². The highest BCUT2D eigenvalue weighted by atomic mass is 15.4. The SMILES string of the molecule is C=CCCNc1ccc(C#N)cc1N.C=CCCn1nnc2cc(C#N)ccc21. The van der Waals surface area contributed by atoms with Crippen LogP contribution in [-0.4, -0.2) is 21.5 Å². The maximum Gasteiger partial charge on any atom is 0.114 e. The van der Waals surface area contributed by atoms with E-state index >= 15 is 0 Å². The van der Waals surface area contributed by atoms with Gasteiger partial charge in [-0.25, -0.2) is 4.68 Å². The summed E-state index contributed by atoms with van der Waals surface area (Å²) in [6, 6.07) is 14.7. The normalized spacial score (nSPS) is 9.59. The Bertz CT molecular complexity index is 1070. The molecule has 0 atom stereocenters. The fraction of sp³-hybridized carbons (Fsp3) is 0.182. The van der Waals surface area contributed by atoms with E-state index < -0.39 is 0 Å². The van der Waals surface area contributed by atoms with E-state index in [1.807, 2.05) is 35.0 Å². The molecule has 0 unspecified atom stereocenters. The largest absolute Gasteiger partial charge is 0.397 e. The first kappa shape index (κ1) is 21.2. The number of nitriles is 2. The molecule has 0 saturated carbocycles. The number of fused-ring (bicyclic) bond motifs is 1. The van der Waals surface area contributed by atoms with Gasteiger partial charge in [0.05, 0.1) is 40.2 Å². The zero-order valence-electron chi connectivity index (χ0n) is 16.2. The smallest absolute Gasteiger partial charge is 0.114 e. The number of anilines is 2. The number of allylic oxidation sites excluding steroid dienone is 1. The fourth-order valence-corrected chi connectivity index (χ4v) is 2.52. The van der Waals surface area contributed by atoms with Gasteiger partial charge < -0.3 is 11.1 Å². The van der Waals surface area contributed by atoms with Crippen molar-refractivity contribution < 1.29 is 0 Å². The lowest BCUT2D eigenvalue weighted by Gasteiger charge is -2.07. The number of hydrogen-bond acceptors (Lipinski definition) is 6. The van der Waals surface area contributed by atoms with Crippen molar-refractivity contribution in [1.29, 1.82) is 10.5 Å². The van der Waals surface area contributed by atoms with Crippen molar-refractivity contribution in [3.63, 3.8) is 0 Å². The quantitative estimate of drug-likeness (QED) is 0.361. The van der Waals surface area contributed by atoms with Crippen LogP contribution in [0, 0.1) is 22.7 Å². The van der Waals surface area contributed by atoms with E-state index in [4.69, 9.17) is 16.3 Å². The third-order valence-corrected chi connectivity index (χ3v) is 4.03. The van der Waals surface area contributed by atoms with Gasteiger partial charge in [-0.05, 0) is 49.2 Å². The Labute approximate surface area is 170 Å². The number of nitrogen functional groups attached to an aromatic ring is 1. The Morgan fingerprint density at radius 1 is 1.03 bits per heavy atom. The Balaban J connectivity index is 0.000000208. The van der Waals surface area contributed by atoms with Crippen LogP contribution in [0.1, 0.15) is 24.0 Å². The van der Waals surface area contributed by atoms with E-state index in [1.165, 1.54) is 0 Å². The van der Waals surface area contributed by atoms with Crippen molar-refractivity contribution in [2.75, 3.05) is 17.6 Å². The van der Waals surface area contributed by atoms with Crippen LogP contribution in [0.15, 0.2) is 61.7 Å². The number of aromatic nitrogens is 3. The van der Waals surface area contributed by atoms with E-state index in [-0.39, 0.29) is 0 Å². The number of nitrogens with two attached hydrogens (primary N) is 1. The first-order valence-electron chi connectivity index (χ1n) is 9.11. The first-order valence-corrected chi connectivity index (χ1v) is 9.11. The van der Waals surface area contributed by atoms with E-state index in [1.54, 1.807) is 24.3 Å². The third kappa shape index (κ3) is 5.95. The lowest BCUT2D eigenvalue weighted by molar-refractivity contribution is 0.615. The van der Waals surface area contributed by atoms with E-state index in [9.17, 15) is 0 Å². The predicted molar refractivity (Wildman–Crippen MR) is 116 cm³/mol. The maximum atomic E-state index is 8.73. The number of nitrogens with one attached hydrogen (secondary N) is 1. The number of rotatable bonds is 7. The Kier molecular flexibility index (Phi) is 7.97. The molecule has 0 radical (unpaired) electrons. The number of nitrogens with zero attached hydrogens (tertiary/aromatic N) is 5. The molecule has 146 valence electrons. The number of aryl methyl sites for hydroxylation is 1. The molecule has 7 nitrogen and oxygen atoms in total. The Morgan fingerprint density at radius 3 is 2.38 bits per heavy atom. The second-order valence-electron chi connectivity index (χ2n) is 6.12. The maximum absolute atomic E-state index is 8.73. The zero-order chi connectivity index (χ0) is 21.1. The molecule has 2 aromatic carbocycles. The van der Waals surface area contributed by atoms with Gasteiger partial charge >= 0.3 is 0 Å². The summed E-state index contributed by atoms with van der Waals surface area (Å²) in [7, 11) is 0. The van der Waals surface area contributed by atoms with Crippen LogP contribution in [0.2, 0.25) is 0 Å². The van der Waals surface area contributed by atoms with Crippen molar-refractivity contribution >= 4 is 22.4 Å². The highest BCUT2D eigenvalue weighted by Crippen LogP contribution is 2.19. The molecule has 0 fully saturated rings. The molecule has 0 spiro atoms. The van der Waals surface area contributed by atoms with E-state index in [2.05, 4.69) is 34.9 Å². The molecule has 3 rings (SSSR count). The van der Waals surface area contributed by atoms with Crippen molar-refractivity contribution in [3.8, 4) is 12.1 Å². The second kappa shape index (κ2) is 10.9. The Morgan fingerprint density at radius 2 is 1.72 bits per heavy atom. The molecule has 1 aromatic heterocycles. The predicted octanol–water partition coefficient (Wildman–Crippen LogP) is 4.01.